The summed E-state index contributed by atoms with van der Waals surface area (Å²) in [6.45, 7) is -0.0164. The van der Waals surface area contributed by atoms with E-state index in [2.05, 4.69) is 10.6 Å². The maximum absolute atomic E-state index is 11.4. The lowest BCUT2D eigenvalue weighted by molar-refractivity contribution is -0.125. The molecular formula is C13H17N3O4. The SMILES string of the molecule is NCC(=O)NCC(=O)NCCc1ccccc1C(=O)O. The van der Waals surface area contributed by atoms with Crippen molar-refractivity contribution in [1.82, 2.24) is 10.6 Å². The van der Waals surface area contributed by atoms with Gasteiger partial charge in [0.2, 0.25) is 11.8 Å². The first-order valence-electron chi connectivity index (χ1n) is 6.09. The number of nitrogens with two attached hydrogens (primary N) is 1. The van der Waals surface area contributed by atoms with E-state index in [1.807, 2.05) is 0 Å². The van der Waals surface area contributed by atoms with Crippen molar-refractivity contribution in [3.05, 3.63) is 35.4 Å². The lowest BCUT2D eigenvalue weighted by atomic mass is 10.0. The predicted molar refractivity (Wildman–Crippen MR) is 72.2 cm³/mol. The summed E-state index contributed by atoms with van der Waals surface area (Å²) in [5.74, 6) is -1.75. The van der Waals surface area contributed by atoms with E-state index in [4.69, 9.17) is 10.8 Å². The average molecular weight is 279 g/mol. The molecule has 0 unspecified atom stereocenters. The van der Waals surface area contributed by atoms with Crippen molar-refractivity contribution in [2.45, 2.75) is 6.42 Å². The molecule has 0 aliphatic rings. The molecule has 1 aromatic rings. The molecule has 0 aromatic heterocycles. The van der Waals surface area contributed by atoms with Gasteiger partial charge in [-0.05, 0) is 18.1 Å². The highest BCUT2D eigenvalue weighted by atomic mass is 16.4. The van der Waals surface area contributed by atoms with Crippen molar-refractivity contribution in [2.24, 2.45) is 5.73 Å². The van der Waals surface area contributed by atoms with Crippen LogP contribution in [0.5, 0.6) is 0 Å². The molecular weight excluding hydrogens is 262 g/mol. The van der Waals surface area contributed by atoms with Gasteiger partial charge in [-0.15, -0.1) is 0 Å². The first-order chi connectivity index (χ1) is 9.54. The van der Waals surface area contributed by atoms with Crippen LogP contribution in [0.15, 0.2) is 24.3 Å². The summed E-state index contributed by atoms with van der Waals surface area (Å²) in [5.41, 5.74) is 5.95. The first kappa shape index (κ1) is 15.6. The van der Waals surface area contributed by atoms with Gasteiger partial charge in [0, 0.05) is 6.54 Å². The highest BCUT2D eigenvalue weighted by Crippen LogP contribution is 2.08. The van der Waals surface area contributed by atoms with Crippen LogP contribution in [0.25, 0.3) is 0 Å². The van der Waals surface area contributed by atoms with Crippen LogP contribution in [-0.2, 0) is 16.0 Å². The minimum atomic E-state index is -0.998. The molecule has 0 saturated heterocycles. The van der Waals surface area contributed by atoms with Gasteiger partial charge >= 0.3 is 5.97 Å². The smallest absolute Gasteiger partial charge is 0.335 e. The van der Waals surface area contributed by atoms with E-state index >= 15 is 0 Å². The fraction of sp³-hybridized carbons (Fsp3) is 0.308. The maximum Gasteiger partial charge on any atom is 0.335 e. The summed E-state index contributed by atoms with van der Waals surface area (Å²) in [7, 11) is 0. The van der Waals surface area contributed by atoms with Gasteiger partial charge < -0.3 is 21.5 Å². The molecule has 0 aliphatic heterocycles. The minimum Gasteiger partial charge on any atom is -0.478 e. The summed E-state index contributed by atoms with van der Waals surface area (Å²) in [5, 5.41) is 13.9. The van der Waals surface area contributed by atoms with E-state index in [0.29, 0.717) is 18.5 Å². The Morgan fingerprint density at radius 3 is 2.45 bits per heavy atom. The number of rotatable bonds is 7. The largest absolute Gasteiger partial charge is 0.478 e. The Kier molecular flexibility index (Phi) is 6.18. The molecule has 0 saturated carbocycles. The molecule has 0 aliphatic carbocycles. The van der Waals surface area contributed by atoms with Crippen LogP contribution in [0.1, 0.15) is 15.9 Å². The fourth-order valence-electron chi connectivity index (χ4n) is 1.60. The molecule has 1 rings (SSSR count). The van der Waals surface area contributed by atoms with E-state index < -0.39 is 11.9 Å². The van der Waals surface area contributed by atoms with Crippen LogP contribution in [-0.4, -0.2) is 42.5 Å². The second-order valence-electron chi connectivity index (χ2n) is 4.04. The number of carbonyl (C=O) groups is 3. The van der Waals surface area contributed by atoms with Gasteiger partial charge in [0.15, 0.2) is 0 Å². The number of nitrogens with one attached hydrogen (secondary N) is 2. The zero-order valence-electron chi connectivity index (χ0n) is 10.9. The first-order valence-corrected chi connectivity index (χ1v) is 6.09. The number of carboxylic acids is 1. The highest BCUT2D eigenvalue weighted by molar-refractivity contribution is 5.89. The third kappa shape index (κ3) is 5.07. The van der Waals surface area contributed by atoms with E-state index in [0.717, 1.165) is 0 Å². The number of hydrogen-bond acceptors (Lipinski definition) is 4. The quantitative estimate of drug-likeness (QED) is 0.516. The fourth-order valence-corrected chi connectivity index (χ4v) is 1.60. The second-order valence-corrected chi connectivity index (χ2v) is 4.04. The van der Waals surface area contributed by atoms with E-state index in [1.165, 1.54) is 6.07 Å². The van der Waals surface area contributed by atoms with Crippen LogP contribution >= 0.6 is 0 Å². The Hall–Kier alpha value is -2.41. The Balaban J connectivity index is 2.39. The van der Waals surface area contributed by atoms with Crippen LogP contribution < -0.4 is 16.4 Å². The van der Waals surface area contributed by atoms with Crippen molar-refractivity contribution in [3.63, 3.8) is 0 Å². The molecule has 0 fully saturated rings. The van der Waals surface area contributed by atoms with Gasteiger partial charge in [-0.25, -0.2) is 4.79 Å². The molecule has 0 radical (unpaired) electrons. The van der Waals surface area contributed by atoms with E-state index in [1.54, 1.807) is 18.2 Å². The molecule has 0 spiro atoms. The molecule has 2 amide bonds. The number of amides is 2. The summed E-state index contributed by atoms with van der Waals surface area (Å²) in [6.07, 6.45) is 0.402. The van der Waals surface area contributed by atoms with Gasteiger partial charge in [-0.2, -0.15) is 0 Å². The normalized spacial score (nSPS) is 9.85. The minimum absolute atomic E-state index is 0.142. The van der Waals surface area contributed by atoms with Gasteiger partial charge in [-0.3, -0.25) is 9.59 Å². The molecule has 1 aromatic carbocycles. The van der Waals surface area contributed by atoms with Crippen molar-refractivity contribution < 1.29 is 19.5 Å². The number of carbonyl (C=O) groups excluding carboxylic acids is 2. The summed E-state index contributed by atoms with van der Waals surface area (Å²) in [6, 6.07) is 6.60. The Morgan fingerprint density at radius 1 is 1.10 bits per heavy atom. The molecule has 0 atom stereocenters. The molecule has 0 bridgehead atoms. The molecule has 0 heterocycles. The molecule has 7 nitrogen and oxygen atoms in total. The van der Waals surface area contributed by atoms with Gasteiger partial charge in [0.1, 0.15) is 0 Å². The molecule has 5 N–H and O–H groups in total. The Bertz CT molecular complexity index is 502. The lowest BCUT2D eigenvalue weighted by Crippen LogP contribution is -2.40. The van der Waals surface area contributed by atoms with Gasteiger partial charge in [0.05, 0.1) is 18.7 Å². The number of benzene rings is 1. The standard InChI is InChI=1S/C13H17N3O4/c14-7-11(17)16-8-12(18)15-6-5-9-3-1-2-4-10(9)13(19)20/h1-4H,5-8,14H2,(H,15,18)(H,16,17)(H,19,20). The van der Waals surface area contributed by atoms with Crippen LogP contribution in [0.3, 0.4) is 0 Å². The van der Waals surface area contributed by atoms with Crippen molar-refractivity contribution in [1.29, 1.82) is 0 Å². The van der Waals surface area contributed by atoms with Crippen molar-refractivity contribution in [3.8, 4) is 0 Å². The van der Waals surface area contributed by atoms with Crippen molar-refractivity contribution >= 4 is 17.8 Å². The number of aromatic carboxylic acids is 1. The zero-order chi connectivity index (χ0) is 15.0. The zero-order valence-corrected chi connectivity index (χ0v) is 10.9. The highest BCUT2D eigenvalue weighted by Gasteiger charge is 2.09. The number of carboxylic acid groups (broad SMARTS) is 1. The van der Waals surface area contributed by atoms with Gasteiger partial charge in [-0.1, -0.05) is 18.2 Å². The van der Waals surface area contributed by atoms with Crippen LogP contribution in [0.4, 0.5) is 0 Å². The van der Waals surface area contributed by atoms with Crippen molar-refractivity contribution in [2.75, 3.05) is 19.6 Å². The molecule has 20 heavy (non-hydrogen) atoms. The van der Waals surface area contributed by atoms with Crippen LogP contribution in [0, 0.1) is 0 Å². The Labute approximate surface area is 116 Å². The number of hydrogen-bond donors (Lipinski definition) is 4. The van der Waals surface area contributed by atoms with Gasteiger partial charge in [0.25, 0.3) is 0 Å². The average Bonchev–Trinajstić information content (AvgIpc) is 2.45. The Morgan fingerprint density at radius 2 is 1.80 bits per heavy atom. The topological polar surface area (TPSA) is 122 Å². The van der Waals surface area contributed by atoms with Crippen LogP contribution in [0.2, 0.25) is 0 Å². The van der Waals surface area contributed by atoms with E-state index in [9.17, 15) is 14.4 Å². The summed E-state index contributed by atoms with van der Waals surface area (Å²) >= 11 is 0. The molecule has 108 valence electrons. The second kappa shape index (κ2) is 7.90. The molecule has 7 heteroatoms. The summed E-state index contributed by atoms with van der Waals surface area (Å²) < 4.78 is 0. The summed E-state index contributed by atoms with van der Waals surface area (Å²) in [4.78, 5) is 33.2. The third-order valence-electron chi connectivity index (χ3n) is 2.60. The maximum atomic E-state index is 11.4. The third-order valence-corrected chi connectivity index (χ3v) is 2.60. The predicted octanol–water partition coefficient (Wildman–Crippen LogP) is -0.882. The lowest BCUT2D eigenvalue weighted by Gasteiger charge is -2.08. The monoisotopic (exact) mass is 279 g/mol. The van der Waals surface area contributed by atoms with E-state index in [-0.39, 0.29) is 24.6 Å².